The molecule has 2 unspecified atom stereocenters. The van der Waals surface area contributed by atoms with E-state index in [2.05, 4.69) is 0 Å². The molecule has 124 valence electrons. The number of hydrogen-bond acceptors (Lipinski definition) is 4. The molecular weight excluding hydrogens is 304 g/mol. The molecule has 2 rings (SSSR count). The summed E-state index contributed by atoms with van der Waals surface area (Å²) in [6, 6.07) is 5.82. The minimum absolute atomic E-state index is 0. The van der Waals surface area contributed by atoms with E-state index in [1.54, 1.807) is 14.2 Å². The van der Waals surface area contributed by atoms with Gasteiger partial charge in [-0.15, -0.1) is 12.4 Å². The lowest BCUT2D eigenvalue weighted by Crippen LogP contribution is -2.37. The first kappa shape index (κ1) is 18.6. The molecule has 5 nitrogen and oxygen atoms in total. The molecule has 1 amide bonds. The molecule has 1 saturated heterocycles. The van der Waals surface area contributed by atoms with Crippen LogP contribution in [0.2, 0.25) is 0 Å². The maximum Gasteiger partial charge on any atom is 0.227 e. The van der Waals surface area contributed by atoms with Gasteiger partial charge in [0.1, 0.15) is 11.5 Å². The maximum absolute atomic E-state index is 12.5. The molecular formula is C16H25ClN2O3. The van der Waals surface area contributed by atoms with E-state index in [1.807, 2.05) is 30.0 Å². The van der Waals surface area contributed by atoms with Gasteiger partial charge in [0.25, 0.3) is 0 Å². The van der Waals surface area contributed by atoms with Crippen molar-refractivity contribution < 1.29 is 14.3 Å². The predicted octanol–water partition coefficient (Wildman–Crippen LogP) is 2.38. The third-order valence-electron chi connectivity index (χ3n) is 4.11. The van der Waals surface area contributed by atoms with Gasteiger partial charge in [0.15, 0.2) is 0 Å². The standard InChI is InChI=1S/C16H24N2O3.ClH/c1-11(10-17)16(19)18-8-4-5-14(18)13-7-6-12(20-2)9-15(13)21-3;/h6-7,9,11,14H,4-5,8,10,17H2,1-3H3;1H. The zero-order valence-electron chi connectivity index (χ0n) is 13.4. The lowest BCUT2D eigenvalue weighted by atomic mass is 10.0. The van der Waals surface area contributed by atoms with Gasteiger partial charge >= 0.3 is 0 Å². The van der Waals surface area contributed by atoms with Crippen molar-refractivity contribution in [2.75, 3.05) is 27.3 Å². The van der Waals surface area contributed by atoms with E-state index < -0.39 is 0 Å². The summed E-state index contributed by atoms with van der Waals surface area (Å²) in [5.41, 5.74) is 6.67. The van der Waals surface area contributed by atoms with Crippen LogP contribution < -0.4 is 15.2 Å². The molecule has 0 radical (unpaired) electrons. The molecule has 1 aromatic carbocycles. The summed E-state index contributed by atoms with van der Waals surface area (Å²) in [4.78, 5) is 14.4. The second-order valence-corrected chi connectivity index (χ2v) is 5.43. The zero-order valence-corrected chi connectivity index (χ0v) is 14.2. The third-order valence-corrected chi connectivity index (χ3v) is 4.11. The summed E-state index contributed by atoms with van der Waals surface area (Å²) in [6.07, 6.45) is 1.95. The molecule has 1 aromatic rings. The first-order valence-corrected chi connectivity index (χ1v) is 7.34. The highest BCUT2D eigenvalue weighted by Crippen LogP contribution is 2.39. The van der Waals surface area contributed by atoms with Gasteiger partial charge in [-0.1, -0.05) is 6.92 Å². The fourth-order valence-corrected chi connectivity index (χ4v) is 2.83. The van der Waals surface area contributed by atoms with E-state index in [0.29, 0.717) is 6.54 Å². The minimum Gasteiger partial charge on any atom is -0.497 e. The van der Waals surface area contributed by atoms with Crippen molar-refractivity contribution in [3.63, 3.8) is 0 Å². The van der Waals surface area contributed by atoms with Gasteiger partial charge in [0.2, 0.25) is 5.91 Å². The highest BCUT2D eigenvalue weighted by atomic mass is 35.5. The summed E-state index contributed by atoms with van der Waals surface area (Å²) in [6.45, 7) is 3.04. The fourth-order valence-electron chi connectivity index (χ4n) is 2.83. The molecule has 0 saturated carbocycles. The number of likely N-dealkylation sites (tertiary alicyclic amines) is 1. The number of amides is 1. The van der Waals surface area contributed by atoms with E-state index in [-0.39, 0.29) is 30.3 Å². The van der Waals surface area contributed by atoms with Crippen LogP contribution in [0.1, 0.15) is 31.4 Å². The SMILES string of the molecule is COc1ccc(C2CCCN2C(=O)C(C)CN)c(OC)c1.Cl. The van der Waals surface area contributed by atoms with Crippen molar-refractivity contribution in [2.24, 2.45) is 11.7 Å². The molecule has 1 fully saturated rings. The van der Waals surface area contributed by atoms with Crippen molar-refractivity contribution in [2.45, 2.75) is 25.8 Å². The summed E-state index contributed by atoms with van der Waals surface area (Å²) in [5.74, 6) is 1.49. The van der Waals surface area contributed by atoms with Crippen molar-refractivity contribution in [1.82, 2.24) is 4.90 Å². The lowest BCUT2D eigenvalue weighted by molar-refractivity contribution is -0.135. The summed E-state index contributed by atoms with van der Waals surface area (Å²) < 4.78 is 10.7. The maximum atomic E-state index is 12.5. The van der Waals surface area contributed by atoms with E-state index in [9.17, 15) is 4.79 Å². The Hall–Kier alpha value is -1.46. The number of carbonyl (C=O) groups excluding carboxylic acids is 1. The Morgan fingerprint density at radius 3 is 2.73 bits per heavy atom. The van der Waals surface area contributed by atoms with Crippen molar-refractivity contribution >= 4 is 18.3 Å². The van der Waals surface area contributed by atoms with Gasteiger partial charge < -0.3 is 20.1 Å². The van der Waals surface area contributed by atoms with Crippen LogP contribution >= 0.6 is 12.4 Å². The molecule has 0 aromatic heterocycles. The molecule has 2 N–H and O–H groups in total. The van der Waals surface area contributed by atoms with E-state index >= 15 is 0 Å². The predicted molar refractivity (Wildman–Crippen MR) is 88.7 cm³/mol. The Bertz CT molecular complexity index is 510. The van der Waals surface area contributed by atoms with Gasteiger partial charge in [-0.25, -0.2) is 0 Å². The van der Waals surface area contributed by atoms with Crippen LogP contribution in [0.4, 0.5) is 0 Å². The Morgan fingerprint density at radius 1 is 1.41 bits per heavy atom. The highest BCUT2D eigenvalue weighted by molar-refractivity contribution is 5.85. The average Bonchev–Trinajstić information content (AvgIpc) is 3.01. The Morgan fingerprint density at radius 2 is 2.14 bits per heavy atom. The topological polar surface area (TPSA) is 64.8 Å². The number of hydrogen-bond donors (Lipinski definition) is 1. The lowest BCUT2D eigenvalue weighted by Gasteiger charge is -2.28. The largest absolute Gasteiger partial charge is 0.497 e. The average molecular weight is 329 g/mol. The summed E-state index contributed by atoms with van der Waals surface area (Å²) in [5, 5.41) is 0. The van der Waals surface area contributed by atoms with Gasteiger partial charge in [-0.05, 0) is 25.0 Å². The molecule has 0 spiro atoms. The highest BCUT2D eigenvalue weighted by Gasteiger charge is 2.33. The van der Waals surface area contributed by atoms with Crippen molar-refractivity contribution in [3.8, 4) is 11.5 Å². The van der Waals surface area contributed by atoms with Crippen LogP contribution in [0.15, 0.2) is 18.2 Å². The first-order chi connectivity index (χ1) is 10.1. The quantitative estimate of drug-likeness (QED) is 0.901. The zero-order chi connectivity index (χ0) is 15.4. The molecule has 0 bridgehead atoms. The number of ether oxygens (including phenoxy) is 2. The number of rotatable bonds is 5. The number of nitrogens with two attached hydrogens (primary N) is 1. The monoisotopic (exact) mass is 328 g/mol. The number of nitrogens with zero attached hydrogens (tertiary/aromatic N) is 1. The van der Waals surface area contributed by atoms with Gasteiger partial charge in [0, 0.05) is 30.6 Å². The van der Waals surface area contributed by atoms with Gasteiger partial charge in [0.05, 0.1) is 20.3 Å². The van der Waals surface area contributed by atoms with Crippen molar-refractivity contribution in [3.05, 3.63) is 23.8 Å². The van der Waals surface area contributed by atoms with Crippen LogP contribution in [0, 0.1) is 5.92 Å². The van der Waals surface area contributed by atoms with E-state index in [1.165, 1.54) is 0 Å². The van der Waals surface area contributed by atoms with Crippen LogP contribution in [0.3, 0.4) is 0 Å². The van der Waals surface area contributed by atoms with Gasteiger partial charge in [-0.2, -0.15) is 0 Å². The molecule has 0 aliphatic carbocycles. The van der Waals surface area contributed by atoms with E-state index in [0.717, 1.165) is 36.4 Å². The molecule has 1 aliphatic heterocycles. The summed E-state index contributed by atoms with van der Waals surface area (Å²) >= 11 is 0. The smallest absolute Gasteiger partial charge is 0.227 e. The van der Waals surface area contributed by atoms with Crippen LogP contribution in [0.25, 0.3) is 0 Å². The Kier molecular flexibility index (Phi) is 6.97. The number of benzene rings is 1. The molecule has 1 aliphatic rings. The second kappa shape index (κ2) is 8.25. The number of carbonyl (C=O) groups is 1. The van der Waals surface area contributed by atoms with Crippen LogP contribution in [-0.2, 0) is 4.79 Å². The Balaban J connectivity index is 0.00000242. The van der Waals surface area contributed by atoms with E-state index in [4.69, 9.17) is 15.2 Å². The minimum atomic E-state index is -0.144. The third kappa shape index (κ3) is 3.65. The summed E-state index contributed by atoms with van der Waals surface area (Å²) in [7, 11) is 3.27. The van der Waals surface area contributed by atoms with Crippen molar-refractivity contribution in [1.29, 1.82) is 0 Å². The Labute approximate surface area is 138 Å². The molecule has 1 heterocycles. The first-order valence-electron chi connectivity index (χ1n) is 7.34. The van der Waals surface area contributed by atoms with Gasteiger partial charge in [-0.3, -0.25) is 4.79 Å². The van der Waals surface area contributed by atoms with Crippen LogP contribution in [-0.4, -0.2) is 38.1 Å². The number of halogens is 1. The fraction of sp³-hybridized carbons (Fsp3) is 0.562. The molecule has 2 atom stereocenters. The van der Waals surface area contributed by atoms with Crippen LogP contribution in [0.5, 0.6) is 11.5 Å². The molecule has 22 heavy (non-hydrogen) atoms. The second-order valence-electron chi connectivity index (χ2n) is 5.43. The number of methoxy groups -OCH3 is 2. The molecule has 6 heteroatoms. The normalized spacial score (nSPS) is 18.5.